The average Bonchev–Trinajstić information content (AvgIpc) is 2.59. The van der Waals surface area contributed by atoms with Crippen molar-refractivity contribution in [1.82, 2.24) is 0 Å². The van der Waals surface area contributed by atoms with Gasteiger partial charge in [-0.15, -0.1) is 0 Å². The Kier molecular flexibility index (Phi) is 4.36. The maximum Gasteiger partial charge on any atom is 0.191 e. The molecule has 0 atom stereocenters. The number of hydrogen-bond acceptors (Lipinski definition) is 4. The second-order valence-corrected chi connectivity index (χ2v) is 7.38. The van der Waals surface area contributed by atoms with Crippen LogP contribution in [0.3, 0.4) is 0 Å². The minimum atomic E-state index is -3.49. The lowest BCUT2D eigenvalue weighted by molar-refractivity contribution is 0.103. The molecular formula is C19H16O4S. The lowest BCUT2D eigenvalue weighted by Crippen LogP contribution is -2.24. The predicted molar refractivity (Wildman–Crippen MR) is 92.9 cm³/mol. The molecule has 0 amide bonds. The fourth-order valence-corrected chi connectivity index (χ4v) is 4.13. The Morgan fingerprint density at radius 3 is 2.50 bits per heavy atom. The van der Waals surface area contributed by atoms with Crippen LogP contribution in [-0.2, 0) is 9.84 Å². The third-order valence-corrected chi connectivity index (χ3v) is 5.41. The maximum atomic E-state index is 12.5. The number of rotatable bonds is 4. The normalized spacial score (nSPS) is 17.3. The molecule has 4 nitrogen and oxygen atoms in total. The Labute approximate surface area is 141 Å². The van der Waals surface area contributed by atoms with E-state index in [-0.39, 0.29) is 27.6 Å². The van der Waals surface area contributed by atoms with E-state index < -0.39 is 9.84 Å². The van der Waals surface area contributed by atoms with Gasteiger partial charge in [-0.2, -0.15) is 0 Å². The fourth-order valence-electron chi connectivity index (χ4n) is 2.57. The molecule has 0 saturated carbocycles. The molecule has 5 heteroatoms. The number of benzene rings is 2. The van der Waals surface area contributed by atoms with Crippen molar-refractivity contribution < 1.29 is 17.9 Å². The lowest BCUT2D eigenvalue weighted by Gasteiger charge is -2.17. The van der Waals surface area contributed by atoms with E-state index in [9.17, 15) is 13.2 Å². The van der Waals surface area contributed by atoms with E-state index in [1.54, 1.807) is 54.6 Å². The minimum absolute atomic E-state index is 0.111. The van der Waals surface area contributed by atoms with Gasteiger partial charge in [0, 0.05) is 11.1 Å². The molecule has 0 aliphatic carbocycles. The second kappa shape index (κ2) is 6.45. The number of sulfone groups is 1. The molecule has 1 aliphatic heterocycles. The molecule has 1 heterocycles. The third-order valence-electron chi connectivity index (χ3n) is 3.69. The summed E-state index contributed by atoms with van der Waals surface area (Å²) in [4.78, 5) is 12.7. The van der Waals surface area contributed by atoms with Crippen molar-refractivity contribution in [3.05, 3.63) is 77.9 Å². The van der Waals surface area contributed by atoms with Crippen LogP contribution >= 0.6 is 0 Å². The van der Waals surface area contributed by atoms with Crippen LogP contribution < -0.4 is 4.74 Å². The summed E-state index contributed by atoms with van der Waals surface area (Å²) in [6.45, 7) is 3.99. The SMILES string of the molecule is C=CCOc1ccc(/C=C2/CS(=O)(=O)c3ccccc3C2=O)cc1. The summed E-state index contributed by atoms with van der Waals surface area (Å²) < 4.78 is 30.1. The van der Waals surface area contributed by atoms with Crippen molar-refractivity contribution in [2.45, 2.75) is 4.90 Å². The number of ether oxygens (including phenoxy) is 1. The zero-order valence-corrected chi connectivity index (χ0v) is 13.8. The van der Waals surface area contributed by atoms with Crippen molar-refractivity contribution in [2.75, 3.05) is 12.4 Å². The molecule has 0 bridgehead atoms. The summed E-state index contributed by atoms with van der Waals surface area (Å²) >= 11 is 0. The van der Waals surface area contributed by atoms with E-state index >= 15 is 0 Å². The van der Waals surface area contributed by atoms with Gasteiger partial charge in [0.15, 0.2) is 15.6 Å². The van der Waals surface area contributed by atoms with Crippen LogP contribution in [0.1, 0.15) is 15.9 Å². The Morgan fingerprint density at radius 1 is 1.08 bits per heavy atom. The molecular weight excluding hydrogens is 324 g/mol. The molecule has 2 aromatic rings. The van der Waals surface area contributed by atoms with E-state index in [2.05, 4.69) is 6.58 Å². The van der Waals surface area contributed by atoms with Crippen molar-refractivity contribution in [2.24, 2.45) is 0 Å². The quantitative estimate of drug-likeness (QED) is 0.633. The number of fused-ring (bicyclic) bond motifs is 1. The molecule has 3 rings (SSSR count). The molecule has 0 spiro atoms. The number of carbonyl (C=O) groups excluding carboxylic acids is 1. The highest BCUT2D eigenvalue weighted by Gasteiger charge is 2.32. The van der Waals surface area contributed by atoms with Gasteiger partial charge in [-0.05, 0) is 35.9 Å². The molecule has 122 valence electrons. The first-order chi connectivity index (χ1) is 11.5. The number of hydrogen-bond donors (Lipinski definition) is 0. The van der Waals surface area contributed by atoms with E-state index in [1.165, 1.54) is 6.07 Å². The van der Waals surface area contributed by atoms with Crippen molar-refractivity contribution >= 4 is 21.7 Å². The summed E-state index contributed by atoms with van der Waals surface area (Å²) in [5, 5.41) is 0. The molecule has 24 heavy (non-hydrogen) atoms. The lowest BCUT2D eigenvalue weighted by atomic mass is 10.0. The monoisotopic (exact) mass is 340 g/mol. The molecule has 2 aromatic carbocycles. The zero-order valence-electron chi connectivity index (χ0n) is 12.9. The summed E-state index contributed by atoms with van der Waals surface area (Å²) in [5.41, 5.74) is 1.26. The predicted octanol–water partition coefficient (Wildman–Crippen LogP) is 3.31. The first-order valence-corrected chi connectivity index (χ1v) is 9.07. The second-order valence-electron chi connectivity index (χ2n) is 5.42. The van der Waals surface area contributed by atoms with Gasteiger partial charge < -0.3 is 4.74 Å². The van der Waals surface area contributed by atoms with Crippen molar-refractivity contribution in [3.63, 3.8) is 0 Å². The number of ketones is 1. The zero-order chi connectivity index (χ0) is 17.2. The standard InChI is InChI=1S/C19H16O4S/c1-2-11-23-16-9-7-14(8-10-16)12-15-13-24(21,22)18-6-4-3-5-17(18)19(15)20/h2-10,12H,1,11,13H2/b15-12-. The maximum absolute atomic E-state index is 12.5. The molecule has 0 N–H and O–H groups in total. The first kappa shape index (κ1) is 16.2. The van der Waals surface area contributed by atoms with Gasteiger partial charge in [0.25, 0.3) is 0 Å². The molecule has 1 aliphatic rings. The van der Waals surface area contributed by atoms with Gasteiger partial charge in [-0.25, -0.2) is 8.42 Å². The summed E-state index contributed by atoms with van der Waals surface area (Å²) in [6.07, 6.45) is 3.27. The topological polar surface area (TPSA) is 60.4 Å². The molecule has 0 saturated heterocycles. The van der Waals surface area contributed by atoms with Crippen LogP contribution in [-0.4, -0.2) is 26.6 Å². The molecule has 0 unspecified atom stereocenters. The molecule has 0 aromatic heterocycles. The summed E-state index contributed by atoms with van der Waals surface area (Å²) in [5.74, 6) is 0.162. The van der Waals surface area contributed by atoms with Crippen LogP contribution in [0.4, 0.5) is 0 Å². The highest BCUT2D eigenvalue weighted by Crippen LogP contribution is 2.29. The van der Waals surface area contributed by atoms with E-state index in [4.69, 9.17) is 4.74 Å². The largest absolute Gasteiger partial charge is 0.490 e. The van der Waals surface area contributed by atoms with Gasteiger partial charge in [0.2, 0.25) is 0 Å². The summed E-state index contributed by atoms with van der Waals surface area (Å²) in [6, 6.07) is 13.4. The van der Waals surface area contributed by atoms with Crippen molar-refractivity contribution in [3.8, 4) is 5.75 Å². The Bertz CT molecular complexity index is 922. The Balaban J connectivity index is 1.94. The number of carbonyl (C=O) groups is 1. The summed E-state index contributed by atoms with van der Waals surface area (Å²) in [7, 11) is -3.49. The highest BCUT2D eigenvalue weighted by atomic mass is 32.2. The highest BCUT2D eigenvalue weighted by molar-refractivity contribution is 7.91. The van der Waals surface area contributed by atoms with Crippen LogP contribution in [0.2, 0.25) is 0 Å². The van der Waals surface area contributed by atoms with Gasteiger partial charge in [-0.3, -0.25) is 4.79 Å². The average molecular weight is 340 g/mol. The van der Waals surface area contributed by atoms with Crippen LogP contribution in [0, 0.1) is 0 Å². The smallest absolute Gasteiger partial charge is 0.191 e. The fraction of sp³-hybridized carbons (Fsp3) is 0.105. The Morgan fingerprint density at radius 2 is 1.79 bits per heavy atom. The van der Waals surface area contributed by atoms with Crippen LogP contribution in [0.15, 0.2) is 71.7 Å². The van der Waals surface area contributed by atoms with E-state index in [1.807, 2.05) is 0 Å². The van der Waals surface area contributed by atoms with Crippen LogP contribution in [0.5, 0.6) is 5.75 Å². The van der Waals surface area contributed by atoms with Crippen LogP contribution in [0.25, 0.3) is 6.08 Å². The van der Waals surface area contributed by atoms with Gasteiger partial charge in [0.05, 0.1) is 10.6 Å². The molecule has 0 fully saturated rings. The number of Topliss-reactive ketones (excluding diaryl/α,β-unsaturated/α-hetero) is 1. The Hall–Kier alpha value is -2.66. The first-order valence-electron chi connectivity index (χ1n) is 7.42. The van der Waals surface area contributed by atoms with Gasteiger partial charge in [0.1, 0.15) is 12.4 Å². The van der Waals surface area contributed by atoms with Gasteiger partial charge in [-0.1, -0.05) is 36.9 Å². The van der Waals surface area contributed by atoms with Crippen molar-refractivity contribution in [1.29, 1.82) is 0 Å². The third kappa shape index (κ3) is 3.16. The van der Waals surface area contributed by atoms with E-state index in [0.717, 1.165) is 5.56 Å². The molecule has 0 radical (unpaired) electrons. The van der Waals surface area contributed by atoms with Gasteiger partial charge >= 0.3 is 0 Å². The minimum Gasteiger partial charge on any atom is -0.490 e. The van der Waals surface area contributed by atoms with E-state index in [0.29, 0.717) is 12.4 Å².